The lowest BCUT2D eigenvalue weighted by Gasteiger charge is -2.19. The van der Waals surface area contributed by atoms with Gasteiger partial charge in [-0.25, -0.2) is 14.4 Å². The SMILES string of the molecule is CC(Oc1cc(NC(=O)c2cnccn2)cnc1N)c1c(Cl)ccc(F)c1Cl. The second-order valence-corrected chi connectivity index (χ2v) is 6.45. The van der Waals surface area contributed by atoms with E-state index in [2.05, 4.69) is 20.3 Å². The fourth-order valence-electron chi connectivity index (χ4n) is 2.39. The Morgan fingerprint density at radius 3 is 2.75 bits per heavy atom. The summed E-state index contributed by atoms with van der Waals surface area (Å²) in [5, 5.41) is 2.73. The molecule has 7 nitrogen and oxygen atoms in total. The van der Waals surface area contributed by atoms with E-state index in [-0.39, 0.29) is 32.9 Å². The Morgan fingerprint density at radius 2 is 2.04 bits per heavy atom. The van der Waals surface area contributed by atoms with Crippen LogP contribution in [0.3, 0.4) is 0 Å². The van der Waals surface area contributed by atoms with Crippen molar-refractivity contribution in [1.29, 1.82) is 0 Å². The van der Waals surface area contributed by atoms with Gasteiger partial charge in [0.05, 0.1) is 23.1 Å². The van der Waals surface area contributed by atoms with Gasteiger partial charge in [-0.15, -0.1) is 0 Å². The first-order valence-corrected chi connectivity index (χ1v) is 8.75. The summed E-state index contributed by atoms with van der Waals surface area (Å²) in [5.74, 6) is -0.851. The Morgan fingerprint density at radius 1 is 1.25 bits per heavy atom. The van der Waals surface area contributed by atoms with Gasteiger partial charge < -0.3 is 15.8 Å². The van der Waals surface area contributed by atoms with E-state index in [1.165, 1.54) is 43.0 Å². The van der Waals surface area contributed by atoms with Crippen LogP contribution in [0.25, 0.3) is 0 Å². The van der Waals surface area contributed by atoms with E-state index in [0.29, 0.717) is 5.69 Å². The maximum atomic E-state index is 13.8. The standard InChI is InChI=1S/C18H14Cl2FN5O2/c1-9(15-11(19)2-3-12(21)16(15)20)28-14-6-10(7-25-17(14)22)26-18(27)13-8-23-4-5-24-13/h2-9H,1H3,(H2,22,25)(H,26,27). The van der Waals surface area contributed by atoms with Crippen LogP contribution in [0, 0.1) is 5.82 Å². The number of benzene rings is 1. The molecule has 3 N–H and O–H groups in total. The van der Waals surface area contributed by atoms with Crippen LogP contribution >= 0.6 is 23.2 Å². The number of amides is 1. The molecule has 0 fully saturated rings. The molecule has 1 aromatic carbocycles. The zero-order valence-corrected chi connectivity index (χ0v) is 16.0. The summed E-state index contributed by atoms with van der Waals surface area (Å²) in [6, 6.07) is 4.03. The molecule has 2 aromatic heterocycles. The number of carbonyl (C=O) groups is 1. The van der Waals surface area contributed by atoms with E-state index in [1.54, 1.807) is 6.92 Å². The molecule has 10 heteroatoms. The third-order valence-electron chi connectivity index (χ3n) is 3.73. The fourth-order valence-corrected chi connectivity index (χ4v) is 3.07. The fraction of sp³-hybridized carbons (Fsp3) is 0.111. The first-order chi connectivity index (χ1) is 13.4. The number of hydrogen-bond donors (Lipinski definition) is 2. The van der Waals surface area contributed by atoms with Crippen molar-refractivity contribution >= 4 is 40.6 Å². The summed E-state index contributed by atoms with van der Waals surface area (Å²) >= 11 is 12.1. The predicted octanol–water partition coefficient (Wildman–Crippen LogP) is 4.29. The van der Waals surface area contributed by atoms with Gasteiger partial charge in [-0.2, -0.15) is 0 Å². The molecule has 0 radical (unpaired) electrons. The maximum Gasteiger partial charge on any atom is 0.275 e. The van der Waals surface area contributed by atoms with Crippen LogP contribution in [-0.4, -0.2) is 20.9 Å². The van der Waals surface area contributed by atoms with Crippen LogP contribution in [0.15, 0.2) is 43.0 Å². The molecule has 144 valence electrons. The summed E-state index contributed by atoms with van der Waals surface area (Å²) in [6.07, 6.45) is 4.82. The second-order valence-electron chi connectivity index (χ2n) is 5.67. The molecule has 1 unspecified atom stereocenters. The van der Waals surface area contributed by atoms with Crippen molar-refractivity contribution in [2.75, 3.05) is 11.1 Å². The molecule has 0 aliphatic carbocycles. The molecule has 0 saturated carbocycles. The summed E-state index contributed by atoms with van der Waals surface area (Å²) in [7, 11) is 0. The highest BCUT2D eigenvalue weighted by Gasteiger charge is 2.20. The molecule has 2 heterocycles. The smallest absolute Gasteiger partial charge is 0.275 e. The van der Waals surface area contributed by atoms with Crippen LogP contribution in [-0.2, 0) is 0 Å². The molecular weight excluding hydrogens is 408 g/mol. The molecule has 28 heavy (non-hydrogen) atoms. The largest absolute Gasteiger partial charge is 0.482 e. The van der Waals surface area contributed by atoms with E-state index in [0.717, 1.165) is 0 Å². The Balaban J connectivity index is 1.82. The van der Waals surface area contributed by atoms with E-state index >= 15 is 0 Å². The molecule has 1 amide bonds. The minimum Gasteiger partial charge on any atom is -0.482 e. The van der Waals surface area contributed by atoms with Crippen molar-refractivity contribution in [3.8, 4) is 5.75 Å². The van der Waals surface area contributed by atoms with Crippen LogP contribution in [0.1, 0.15) is 29.1 Å². The number of anilines is 2. The summed E-state index contributed by atoms with van der Waals surface area (Å²) in [4.78, 5) is 23.9. The number of hydrogen-bond acceptors (Lipinski definition) is 6. The van der Waals surface area contributed by atoms with Crippen molar-refractivity contribution in [3.05, 3.63) is 70.1 Å². The third-order valence-corrected chi connectivity index (χ3v) is 4.44. The average molecular weight is 422 g/mol. The molecule has 0 spiro atoms. The lowest BCUT2D eigenvalue weighted by molar-refractivity contribution is 0.102. The average Bonchev–Trinajstić information content (AvgIpc) is 2.68. The van der Waals surface area contributed by atoms with E-state index in [1.807, 2.05) is 0 Å². The summed E-state index contributed by atoms with van der Waals surface area (Å²) in [6.45, 7) is 1.64. The lowest BCUT2D eigenvalue weighted by atomic mass is 10.1. The van der Waals surface area contributed by atoms with Gasteiger partial charge >= 0.3 is 0 Å². The minimum absolute atomic E-state index is 0.0769. The predicted molar refractivity (Wildman–Crippen MR) is 104 cm³/mol. The van der Waals surface area contributed by atoms with E-state index in [4.69, 9.17) is 33.7 Å². The third kappa shape index (κ3) is 4.29. The number of carbonyl (C=O) groups excluding carboxylic acids is 1. The highest BCUT2D eigenvalue weighted by Crippen LogP contribution is 2.36. The van der Waals surface area contributed by atoms with Gasteiger partial charge in [-0.3, -0.25) is 9.78 Å². The Bertz CT molecular complexity index is 1020. The molecule has 0 bridgehead atoms. The molecule has 1 atom stereocenters. The van der Waals surface area contributed by atoms with Gasteiger partial charge in [-0.05, 0) is 19.1 Å². The first-order valence-electron chi connectivity index (χ1n) is 7.99. The van der Waals surface area contributed by atoms with Gasteiger partial charge in [0.1, 0.15) is 17.6 Å². The summed E-state index contributed by atoms with van der Waals surface area (Å²) in [5.41, 5.74) is 6.58. The lowest BCUT2D eigenvalue weighted by Crippen LogP contribution is -2.14. The molecule has 3 aromatic rings. The number of halogens is 3. The van der Waals surface area contributed by atoms with Crippen LogP contribution in [0.2, 0.25) is 10.0 Å². The van der Waals surface area contributed by atoms with Crippen molar-refractivity contribution in [2.45, 2.75) is 13.0 Å². The Labute approximate surface area is 169 Å². The molecule has 0 aliphatic heterocycles. The Kier molecular flexibility index (Phi) is 5.91. The number of ether oxygens (including phenoxy) is 1. The van der Waals surface area contributed by atoms with E-state index in [9.17, 15) is 9.18 Å². The topological polar surface area (TPSA) is 103 Å². The molecule has 0 aliphatic rings. The van der Waals surface area contributed by atoms with Gasteiger partial charge in [0.25, 0.3) is 5.91 Å². The number of nitrogens with one attached hydrogen (secondary N) is 1. The molecule has 3 rings (SSSR count). The van der Waals surface area contributed by atoms with Gasteiger partial charge in [0.2, 0.25) is 0 Å². The zero-order chi connectivity index (χ0) is 20.3. The number of nitrogen functional groups attached to an aromatic ring is 1. The van der Waals surface area contributed by atoms with Crippen molar-refractivity contribution < 1.29 is 13.9 Å². The van der Waals surface area contributed by atoms with Gasteiger partial charge in [-0.1, -0.05) is 23.2 Å². The van der Waals surface area contributed by atoms with E-state index < -0.39 is 17.8 Å². The Hall–Kier alpha value is -2.97. The maximum absolute atomic E-state index is 13.8. The van der Waals surface area contributed by atoms with Gasteiger partial charge in [0, 0.05) is 29.0 Å². The van der Waals surface area contributed by atoms with Crippen LogP contribution in [0.5, 0.6) is 5.75 Å². The number of pyridine rings is 1. The molecular formula is C18H14Cl2FN5O2. The highest BCUT2D eigenvalue weighted by molar-refractivity contribution is 6.36. The number of nitrogens with zero attached hydrogens (tertiary/aromatic N) is 3. The number of rotatable bonds is 5. The van der Waals surface area contributed by atoms with Crippen LogP contribution in [0.4, 0.5) is 15.9 Å². The zero-order valence-electron chi connectivity index (χ0n) is 14.5. The number of aromatic nitrogens is 3. The quantitative estimate of drug-likeness (QED) is 0.595. The van der Waals surface area contributed by atoms with Crippen molar-refractivity contribution in [1.82, 2.24) is 15.0 Å². The van der Waals surface area contributed by atoms with Crippen molar-refractivity contribution in [2.24, 2.45) is 0 Å². The van der Waals surface area contributed by atoms with Gasteiger partial charge in [0.15, 0.2) is 11.6 Å². The molecule has 0 saturated heterocycles. The highest BCUT2D eigenvalue weighted by atomic mass is 35.5. The number of nitrogens with two attached hydrogens (primary N) is 1. The minimum atomic E-state index is -0.731. The van der Waals surface area contributed by atoms with Crippen molar-refractivity contribution in [3.63, 3.8) is 0 Å². The summed E-state index contributed by atoms with van der Waals surface area (Å²) < 4.78 is 19.5. The second kappa shape index (κ2) is 8.37. The monoisotopic (exact) mass is 421 g/mol. The van der Waals surface area contributed by atoms with Crippen LogP contribution < -0.4 is 15.8 Å². The first kappa shape index (κ1) is 19.8. The normalized spacial score (nSPS) is 11.7.